The predicted molar refractivity (Wildman–Crippen MR) is 45.1 cm³/mol. The van der Waals surface area contributed by atoms with Crippen LogP contribution in [0.1, 0.15) is 38.5 Å². The lowest BCUT2D eigenvalue weighted by molar-refractivity contribution is 0.173. The summed E-state index contributed by atoms with van der Waals surface area (Å²) in [6.45, 7) is 0.498. The minimum atomic E-state index is -0.625. The number of halogens is 1. The van der Waals surface area contributed by atoms with E-state index < -0.39 is 6.17 Å². The van der Waals surface area contributed by atoms with E-state index in [1.54, 1.807) is 0 Å². The first kappa shape index (κ1) is 8.98. The van der Waals surface area contributed by atoms with Crippen LogP contribution in [0.5, 0.6) is 0 Å². The van der Waals surface area contributed by atoms with Gasteiger partial charge in [-0.25, -0.2) is 4.39 Å². The normalized spacial score (nSPS) is 23.5. The maximum Gasteiger partial charge on any atom is 0.104 e. The van der Waals surface area contributed by atoms with Gasteiger partial charge in [-0.1, -0.05) is 19.3 Å². The lowest BCUT2D eigenvalue weighted by atomic mass is 9.85. The zero-order valence-electron chi connectivity index (χ0n) is 7.06. The van der Waals surface area contributed by atoms with Gasteiger partial charge in [-0.15, -0.1) is 0 Å². The van der Waals surface area contributed by atoms with Gasteiger partial charge in [0.05, 0.1) is 0 Å². The zero-order valence-corrected chi connectivity index (χ0v) is 7.06. The zero-order chi connectivity index (χ0) is 8.10. The Kier molecular flexibility index (Phi) is 3.84. The van der Waals surface area contributed by atoms with Gasteiger partial charge in [-0.2, -0.15) is 0 Å². The van der Waals surface area contributed by atoms with Crippen LogP contribution in [0.15, 0.2) is 0 Å². The molecule has 0 spiro atoms. The SMILES string of the molecule is NCCC(F)C1CCCCC1. The molecule has 0 heterocycles. The highest BCUT2D eigenvalue weighted by Gasteiger charge is 2.21. The molecule has 1 atom stereocenters. The van der Waals surface area contributed by atoms with Crippen molar-refractivity contribution in [3.8, 4) is 0 Å². The van der Waals surface area contributed by atoms with Crippen molar-refractivity contribution in [3.63, 3.8) is 0 Å². The van der Waals surface area contributed by atoms with Crippen LogP contribution in [-0.2, 0) is 0 Å². The molecule has 0 saturated heterocycles. The van der Waals surface area contributed by atoms with Gasteiger partial charge in [-0.05, 0) is 31.7 Å². The van der Waals surface area contributed by atoms with E-state index in [-0.39, 0.29) is 0 Å². The maximum atomic E-state index is 13.2. The summed E-state index contributed by atoms with van der Waals surface area (Å²) in [4.78, 5) is 0. The average Bonchev–Trinajstić information content (AvgIpc) is 2.07. The molecular formula is C9H18FN. The Labute approximate surface area is 68.2 Å². The van der Waals surface area contributed by atoms with Gasteiger partial charge < -0.3 is 5.73 Å². The van der Waals surface area contributed by atoms with E-state index in [1.165, 1.54) is 19.3 Å². The van der Waals surface area contributed by atoms with Crippen molar-refractivity contribution in [2.24, 2.45) is 11.7 Å². The summed E-state index contributed by atoms with van der Waals surface area (Å²) >= 11 is 0. The van der Waals surface area contributed by atoms with Crippen molar-refractivity contribution in [2.45, 2.75) is 44.7 Å². The van der Waals surface area contributed by atoms with Crippen LogP contribution in [0.25, 0.3) is 0 Å². The molecule has 0 aliphatic heterocycles. The summed E-state index contributed by atoms with van der Waals surface area (Å²) in [7, 11) is 0. The molecule has 0 radical (unpaired) electrons. The third kappa shape index (κ3) is 2.78. The standard InChI is InChI=1S/C9H18FN/c10-9(6-7-11)8-4-2-1-3-5-8/h8-9H,1-7,11H2. The van der Waals surface area contributed by atoms with Gasteiger partial charge in [0.15, 0.2) is 0 Å². The van der Waals surface area contributed by atoms with E-state index in [4.69, 9.17) is 5.73 Å². The van der Waals surface area contributed by atoms with Gasteiger partial charge in [0.1, 0.15) is 6.17 Å². The summed E-state index contributed by atoms with van der Waals surface area (Å²) in [5, 5.41) is 0. The first-order chi connectivity index (χ1) is 5.34. The highest BCUT2D eigenvalue weighted by atomic mass is 19.1. The third-order valence-corrected chi connectivity index (χ3v) is 2.60. The smallest absolute Gasteiger partial charge is 0.104 e. The average molecular weight is 159 g/mol. The van der Waals surface area contributed by atoms with Gasteiger partial charge in [0, 0.05) is 0 Å². The van der Waals surface area contributed by atoms with E-state index in [0.29, 0.717) is 18.9 Å². The summed E-state index contributed by atoms with van der Waals surface area (Å²) in [6, 6.07) is 0. The molecule has 1 aliphatic carbocycles. The fraction of sp³-hybridized carbons (Fsp3) is 1.00. The predicted octanol–water partition coefficient (Wildman–Crippen LogP) is 2.25. The molecule has 1 saturated carbocycles. The fourth-order valence-corrected chi connectivity index (χ4v) is 1.89. The largest absolute Gasteiger partial charge is 0.330 e. The van der Waals surface area contributed by atoms with E-state index in [2.05, 4.69) is 0 Å². The summed E-state index contributed by atoms with van der Waals surface area (Å²) in [5.41, 5.74) is 5.30. The molecule has 2 heteroatoms. The molecule has 1 nitrogen and oxygen atoms in total. The van der Waals surface area contributed by atoms with E-state index >= 15 is 0 Å². The minimum absolute atomic E-state index is 0.326. The van der Waals surface area contributed by atoms with Gasteiger partial charge >= 0.3 is 0 Å². The van der Waals surface area contributed by atoms with Crippen LogP contribution in [0.2, 0.25) is 0 Å². The van der Waals surface area contributed by atoms with Gasteiger partial charge in [0.25, 0.3) is 0 Å². The molecule has 11 heavy (non-hydrogen) atoms. The molecule has 66 valence electrons. The molecule has 0 aromatic carbocycles. The molecule has 0 aromatic heterocycles. The Morgan fingerprint density at radius 3 is 2.45 bits per heavy atom. The molecule has 0 aromatic rings. The van der Waals surface area contributed by atoms with Crippen LogP contribution in [-0.4, -0.2) is 12.7 Å². The van der Waals surface area contributed by atoms with Crippen molar-refractivity contribution in [2.75, 3.05) is 6.54 Å². The van der Waals surface area contributed by atoms with E-state index in [9.17, 15) is 4.39 Å². The van der Waals surface area contributed by atoms with E-state index in [1.807, 2.05) is 0 Å². The van der Waals surface area contributed by atoms with Crippen molar-refractivity contribution in [1.82, 2.24) is 0 Å². The number of rotatable bonds is 3. The quantitative estimate of drug-likeness (QED) is 0.671. The lowest BCUT2D eigenvalue weighted by Crippen LogP contribution is -2.21. The molecule has 1 fully saturated rings. The molecule has 0 bridgehead atoms. The van der Waals surface area contributed by atoms with Crippen molar-refractivity contribution >= 4 is 0 Å². The first-order valence-corrected chi connectivity index (χ1v) is 4.68. The monoisotopic (exact) mass is 159 g/mol. The van der Waals surface area contributed by atoms with Crippen LogP contribution in [0.3, 0.4) is 0 Å². The second kappa shape index (κ2) is 4.70. The molecule has 1 aliphatic rings. The Balaban J connectivity index is 2.21. The number of hydrogen-bond donors (Lipinski definition) is 1. The Hall–Kier alpha value is -0.110. The van der Waals surface area contributed by atoms with Gasteiger partial charge in [0.2, 0.25) is 0 Å². The van der Waals surface area contributed by atoms with Crippen molar-refractivity contribution in [1.29, 1.82) is 0 Å². The fourth-order valence-electron chi connectivity index (χ4n) is 1.89. The second-order valence-electron chi connectivity index (χ2n) is 3.49. The topological polar surface area (TPSA) is 26.0 Å². The molecule has 0 amide bonds. The molecule has 1 unspecified atom stereocenters. The highest BCUT2D eigenvalue weighted by Crippen LogP contribution is 2.28. The Morgan fingerprint density at radius 2 is 1.91 bits per heavy atom. The highest BCUT2D eigenvalue weighted by molar-refractivity contribution is 4.73. The first-order valence-electron chi connectivity index (χ1n) is 4.68. The minimum Gasteiger partial charge on any atom is -0.330 e. The summed E-state index contributed by atoms with van der Waals surface area (Å²) < 4.78 is 13.2. The number of alkyl halides is 1. The number of hydrogen-bond acceptors (Lipinski definition) is 1. The molecule has 1 rings (SSSR count). The van der Waals surface area contributed by atoms with Gasteiger partial charge in [-0.3, -0.25) is 0 Å². The van der Waals surface area contributed by atoms with Crippen molar-refractivity contribution in [3.05, 3.63) is 0 Å². The van der Waals surface area contributed by atoms with Crippen LogP contribution in [0.4, 0.5) is 4.39 Å². The van der Waals surface area contributed by atoms with Crippen molar-refractivity contribution < 1.29 is 4.39 Å². The van der Waals surface area contributed by atoms with Crippen LogP contribution in [0, 0.1) is 5.92 Å². The molecular weight excluding hydrogens is 141 g/mol. The summed E-state index contributed by atoms with van der Waals surface area (Å²) in [6.07, 6.45) is 5.84. The lowest BCUT2D eigenvalue weighted by Gasteiger charge is -2.24. The number of nitrogens with two attached hydrogens (primary N) is 1. The second-order valence-corrected chi connectivity index (χ2v) is 3.49. The summed E-state index contributed by atoms with van der Waals surface area (Å²) in [5.74, 6) is 0.326. The van der Waals surface area contributed by atoms with E-state index in [0.717, 1.165) is 12.8 Å². The van der Waals surface area contributed by atoms with Crippen LogP contribution >= 0.6 is 0 Å². The van der Waals surface area contributed by atoms with Crippen LogP contribution < -0.4 is 5.73 Å². The maximum absolute atomic E-state index is 13.2. The molecule has 2 N–H and O–H groups in total. The Morgan fingerprint density at radius 1 is 1.27 bits per heavy atom. The third-order valence-electron chi connectivity index (χ3n) is 2.60. The Bertz CT molecular complexity index is 99.7.